The van der Waals surface area contributed by atoms with Gasteiger partial charge in [0.25, 0.3) is 5.91 Å². The fourth-order valence-electron chi connectivity index (χ4n) is 2.70. The lowest BCUT2D eigenvalue weighted by Crippen LogP contribution is -2.44. The number of amides is 1. The minimum absolute atomic E-state index is 0.0584. The van der Waals surface area contributed by atoms with E-state index in [1.165, 1.54) is 0 Å². The number of methoxy groups -OCH3 is 1. The molecule has 0 bridgehead atoms. The largest absolute Gasteiger partial charge is 0.382 e. The maximum atomic E-state index is 12.4. The second kappa shape index (κ2) is 7.56. The minimum atomic E-state index is -0.417. The summed E-state index contributed by atoms with van der Waals surface area (Å²) in [7, 11) is 1.62. The first-order valence-corrected chi connectivity index (χ1v) is 7.53. The van der Waals surface area contributed by atoms with Crippen molar-refractivity contribution in [2.45, 2.75) is 38.7 Å². The van der Waals surface area contributed by atoms with E-state index in [9.17, 15) is 4.79 Å². The lowest BCUT2D eigenvalue weighted by atomic mass is 9.94. The highest BCUT2D eigenvalue weighted by Crippen LogP contribution is 2.26. The smallest absolute Gasteiger partial charge is 0.251 e. The summed E-state index contributed by atoms with van der Waals surface area (Å²) < 4.78 is 10.4. The number of aromatic amines is 1. The lowest BCUT2D eigenvalue weighted by Gasteiger charge is -2.33. The number of hydrogen-bond donors (Lipinski definition) is 1. The van der Waals surface area contributed by atoms with Gasteiger partial charge in [0.1, 0.15) is 6.10 Å². The van der Waals surface area contributed by atoms with Crippen molar-refractivity contribution in [2.75, 3.05) is 33.4 Å². The first-order valence-electron chi connectivity index (χ1n) is 7.53. The Morgan fingerprint density at radius 2 is 2.38 bits per heavy atom. The number of rotatable bonds is 6. The van der Waals surface area contributed by atoms with E-state index in [1.54, 1.807) is 14.0 Å². The zero-order chi connectivity index (χ0) is 15.2. The Morgan fingerprint density at radius 3 is 3.05 bits per heavy atom. The topological polar surface area (TPSA) is 67.5 Å². The van der Waals surface area contributed by atoms with Crippen LogP contribution in [-0.4, -0.2) is 60.5 Å². The molecule has 1 aromatic rings. The van der Waals surface area contributed by atoms with Gasteiger partial charge in [-0.05, 0) is 32.8 Å². The van der Waals surface area contributed by atoms with Gasteiger partial charge in [-0.25, -0.2) is 0 Å². The van der Waals surface area contributed by atoms with Crippen LogP contribution in [0.1, 0.15) is 37.1 Å². The number of carbonyl (C=O) groups excluding carboxylic acids is 1. The predicted molar refractivity (Wildman–Crippen MR) is 79.2 cm³/mol. The molecule has 0 spiro atoms. The maximum Gasteiger partial charge on any atom is 0.251 e. The van der Waals surface area contributed by atoms with E-state index in [-0.39, 0.29) is 5.91 Å². The van der Waals surface area contributed by atoms with E-state index in [0.717, 1.165) is 37.3 Å². The first-order chi connectivity index (χ1) is 10.1. The first kappa shape index (κ1) is 16.0. The summed E-state index contributed by atoms with van der Waals surface area (Å²) >= 11 is 0. The normalized spacial score (nSPS) is 20.5. The van der Waals surface area contributed by atoms with Crippen LogP contribution in [0.15, 0.2) is 6.07 Å². The van der Waals surface area contributed by atoms with Gasteiger partial charge < -0.3 is 14.4 Å². The third kappa shape index (κ3) is 4.28. The second-order valence-corrected chi connectivity index (χ2v) is 5.61. The van der Waals surface area contributed by atoms with Crippen molar-refractivity contribution in [3.8, 4) is 0 Å². The third-order valence-electron chi connectivity index (χ3n) is 3.88. The summed E-state index contributed by atoms with van der Waals surface area (Å²) in [6.07, 6.45) is 1.67. The molecule has 6 nitrogen and oxygen atoms in total. The zero-order valence-corrected chi connectivity index (χ0v) is 13.1. The van der Waals surface area contributed by atoms with E-state index in [1.807, 2.05) is 11.8 Å². The van der Waals surface area contributed by atoms with E-state index in [2.05, 4.69) is 16.3 Å². The maximum absolute atomic E-state index is 12.4. The quantitative estimate of drug-likeness (QED) is 0.807. The molecule has 0 aromatic carbocycles. The number of nitrogens with one attached hydrogen (secondary N) is 1. The van der Waals surface area contributed by atoms with E-state index in [4.69, 9.17) is 9.47 Å². The molecule has 0 radical (unpaired) electrons. The van der Waals surface area contributed by atoms with Gasteiger partial charge in [-0.3, -0.25) is 9.89 Å². The van der Waals surface area contributed by atoms with Crippen LogP contribution in [0.4, 0.5) is 0 Å². The van der Waals surface area contributed by atoms with E-state index in [0.29, 0.717) is 19.1 Å². The Balaban J connectivity index is 1.89. The Morgan fingerprint density at radius 1 is 1.57 bits per heavy atom. The molecule has 6 heteroatoms. The molecular formula is C15H25N3O3. The van der Waals surface area contributed by atoms with Crippen LogP contribution in [0.3, 0.4) is 0 Å². The summed E-state index contributed by atoms with van der Waals surface area (Å²) in [6.45, 7) is 6.28. The molecule has 0 unspecified atom stereocenters. The Bertz CT molecular complexity index is 461. The molecule has 21 heavy (non-hydrogen) atoms. The Kier molecular flexibility index (Phi) is 5.76. The van der Waals surface area contributed by atoms with Gasteiger partial charge in [-0.2, -0.15) is 5.10 Å². The fourth-order valence-corrected chi connectivity index (χ4v) is 2.70. The molecule has 2 rings (SSSR count). The third-order valence-corrected chi connectivity index (χ3v) is 3.88. The SMILES string of the molecule is COCCO[C@H](C)C(=O)N1CCC[C@H](c2cc(C)[nH]n2)C1. The van der Waals surface area contributed by atoms with Crippen LogP contribution < -0.4 is 0 Å². The highest BCUT2D eigenvalue weighted by molar-refractivity contribution is 5.80. The van der Waals surface area contributed by atoms with Gasteiger partial charge >= 0.3 is 0 Å². The number of H-pyrrole nitrogens is 1. The van der Waals surface area contributed by atoms with E-state index < -0.39 is 6.10 Å². The number of nitrogens with zero attached hydrogens (tertiary/aromatic N) is 2. The molecule has 0 saturated carbocycles. The molecule has 2 atom stereocenters. The van der Waals surface area contributed by atoms with Crippen LogP contribution >= 0.6 is 0 Å². The molecule has 118 valence electrons. The molecule has 1 aliphatic rings. The average molecular weight is 295 g/mol. The highest BCUT2D eigenvalue weighted by atomic mass is 16.5. The van der Waals surface area contributed by atoms with Gasteiger partial charge in [0.05, 0.1) is 18.9 Å². The molecule has 1 N–H and O–H groups in total. The number of ether oxygens (including phenoxy) is 2. The number of piperidine rings is 1. The molecule has 1 aliphatic heterocycles. The Hall–Kier alpha value is -1.40. The molecular weight excluding hydrogens is 270 g/mol. The van der Waals surface area contributed by atoms with Crippen molar-refractivity contribution in [3.05, 3.63) is 17.5 Å². The fraction of sp³-hybridized carbons (Fsp3) is 0.733. The van der Waals surface area contributed by atoms with Gasteiger partial charge in [0, 0.05) is 31.8 Å². The van der Waals surface area contributed by atoms with Crippen LogP contribution in [0.2, 0.25) is 0 Å². The number of aromatic nitrogens is 2. The van der Waals surface area contributed by atoms with Crippen LogP contribution in [0.5, 0.6) is 0 Å². The van der Waals surface area contributed by atoms with Crippen molar-refractivity contribution >= 4 is 5.91 Å². The van der Waals surface area contributed by atoms with Crippen LogP contribution in [-0.2, 0) is 14.3 Å². The average Bonchev–Trinajstić information content (AvgIpc) is 2.93. The second-order valence-electron chi connectivity index (χ2n) is 5.61. The molecule has 2 heterocycles. The zero-order valence-electron chi connectivity index (χ0n) is 13.1. The van der Waals surface area contributed by atoms with Crippen molar-refractivity contribution in [3.63, 3.8) is 0 Å². The van der Waals surface area contributed by atoms with Crippen LogP contribution in [0, 0.1) is 6.92 Å². The number of hydrogen-bond acceptors (Lipinski definition) is 4. The molecule has 1 fully saturated rings. The Labute approximate surface area is 125 Å². The molecule has 1 aromatic heterocycles. The van der Waals surface area contributed by atoms with Crippen molar-refractivity contribution < 1.29 is 14.3 Å². The van der Waals surface area contributed by atoms with Crippen molar-refractivity contribution in [1.82, 2.24) is 15.1 Å². The predicted octanol–water partition coefficient (Wildman–Crippen LogP) is 1.48. The number of carbonyl (C=O) groups is 1. The summed E-state index contributed by atoms with van der Waals surface area (Å²) in [6, 6.07) is 2.07. The van der Waals surface area contributed by atoms with Gasteiger partial charge in [-0.15, -0.1) is 0 Å². The molecule has 0 aliphatic carbocycles. The minimum Gasteiger partial charge on any atom is -0.382 e. The standard InChI is InChI=1S/C15H25N3O3/c1-11-9-14(17-16-11)13-5-4-6-18(10-13)15(19)12(2)21-8-7-20-3/h9,12-13H,4-8,10H2,1-3H3,(H,16,17)/t12-,13+/m1/s1. The van der Waals surface area contributed by atoms with Gasteiger partial charge in [0.15, 0.2) is 0 Å². The number of likely N-dealkylation sites (tertiary alicyclic amines) is 1. The summed E-state index contributed by atoms with van der Waals surface area (Å²) in [5.74, 6) is 0.377. The van der Waals surface area contributed by atoms with Gasteiger partial charge in [0.2, 0.25) is 0 Å². The highest BCUT2D eigenvalue weighted by Gasteiger charge is 2.28. The van der Waals surface area contributed by atoms with Crippen molar-refractivity contribution in [2.24, 2.45) is 0 Å². The van der Waals surface area contributed by atoms with Gasteiger partial charge in [-0.1, -0.05) is 0 Å². The lowest BCUT2D eigenvalue weighted by molar-refractivity contribution is -0.144. The number of aryl methyl sites for hydroxylation is 1. The summed E-state index contributed by atoms with van der Waals surface area (Å²) in [5.41, 5.74) is 2.11. The van der Waals surface area contributed by atoms with E-state index >= 15 is 0 Å². The van der Waals surface area contributed by atoms with Crippen molar-refractivity contribution in [1.29, 1.82) is 0 Å². The molecule has 1 saturated heterocycles. The molecule has 1 amide bonds. The summed E-state index contributed by atoms with van der Waals surface area (Å²) in [5, 5.41) is 7.30. The summed E-state index contributed by atoms with van der Waals surface area (Å²) in [4.78, 5) is 14.3. The monoisotopic (exact) mass is 295 g/mol. The van der Waals surface area contributed by atoms with Crippen LogP contribution in [0.25, 0.3) is 0 Å².